The van der Waals surface area contributed by atoms with Crippen LogP contribution in [0.2, 0.25) is 0 Å². The molecule has 0 aliphatic rings. The average Bonchev–Trinajstić information content (AvgIpc) is 2.35. The van der Waals surface area contributed by atoms with Crippen molar-refractivity contribution in [1.29, 1.82) is 0 Å². The summed E-state index contributed by atoms with van der Waals surface area (Å²) in [6.45, 7) is 1.82. The highest BCUT2D eigenvalue weighted by Gasteiger charge is 2.07. The van der Waals surface area contributed by atoms with E-state index in [2.05, 4.69) is 15.0 Å². The number of nitrogen functional groups attached to an aromatic ring is 1. The number of carbonyl (C=O) groups excluding carboxylic acids is 1. The van der Waals surface area contributed by atoms with Gasteiger partial charge in [0.15, 0.2) is 0 Å². The van der Waals surface area contributed by atoms with E-state index in [0.717, 1.165) is 25.2 Å². The number of anilines is 2. The molecule has 0 unspecified atom stereocenters. The molecule has 3 N–H and O–H groups in total. The van der Waals surface area contributed by atoms with Gasteiger partial charge in [0.05, 0.1) is 24.0 Å². The van der Waals surface area contributed by atoms with E-state index >= 15 is 0 Å². The number of carbonyl (C=O) groups is 1. The van der Waals surface area contributed by atoms with Crippen molar-refractivity contribution in [3.63, 3.8) is 0 Å². The Balaban J connectivity index is 2.61. The molecule has 100 valence electrons. The summed E-state index contributed by atoms with van der Waals surface area (Å²) in [6.07, 6.45) is 1.01. The van der Waals surface area contributed by atoms with Gasteiger partial charge in [-0.05, 0) is 45.3 Å². The molecule has 0 aliphatic heterocycles. The fourth-order valence-corrected chi connectivity index (χ4v) is 1.57. The highest BCUT2D eigenvalue weighted by atomic mass is 16.5. The van der Waals surface area contributed by atoms with Crippen LogP contribution in [0.4, 0.5) is 11.4 Å². The summed E-state index contributed by atoms with van der Waals surface area (Å²) in [5.41, 5.74) is 7.76. The predicted octanol–water partition coefficient (Wildman–Crippen LogP) is 1.42. The Bertz CT molecular complexity index is 405. The molecule has 0 atom stereocenters. The lowest BCUT2D eigenvalue weighted by atomic mass is 10.1. The maximum Gasteiger partial charge on any atom is 0.337 e. The first kappa shape index (κ1) is 14.3. The normalized spacial score (nSPS) is 10.4. The third-order valence-corrected chi connectivity index (χ3v) is 2.57. The second-order valence-corrected chi connectivity index (χ2v) is 4.38. The van der Waals surface area contributed by atoms with Crippen LogP contribution in [0.15, 0.2) is 18.2 Å². The average molecular weight is 251 g/mol. The molecule has 1 aromatic rings. The molecule has 0 radical (unpaired) electrons. The zero-order valence-corrected chi connectivity index (χ0v) is 11.2. The van der Waals surface area contributed by atoms with Crippen LogP contribution >= 0.6 is 0 Å². The molecule has 5 heteroatoms. The third-order valence-electron chi connectivity index (χ3n) is 2.57. The molecule has 0 heterocycles. The van der Waals surface area contributed by atoms with Crippen LogP contribution < -0.4 is 11.1 Å². The van der Waals surface area contributed by atoms with E-state index in [0.29, 0.717) is 11.3 Å². The second kappa shape index (κ2) is 6.86. The Hall–Kier alpha value is -1.75. The van der Waals surface area contributed by atoms with Gasteiger partial charge < -0.3 is 20.7 Å². The number of nitrogens with two attached hydrogens (primary N) is 1. The smallest absolute Gasteiger partial charge is 0.337 e. The number of hydrogen-bond acceptors (Lipinski definition) is 5. The Morgan fingerprint density at radius 2 is 2.17 bits per heavy atom. The number of nitrogens with zero attached hydrogens (tertiary/aromatic N) is 1. The molecule has 0 bridgehead atoms. The molecular formula is C13H21N3O2. The maximum absolute atomic E-state index is 11.4. The van der Waals surface area contributed by atoms with Gasteiger partial charge in [0.1, 0.15) is 0 Å². The van der Waals surface area contributed by atoms with Crippen molar-refractivity contribution in [2.24, 2.45) is 0 Å². The molecule has 0 aliphatic carbocycles. The van der Waals surface area contributed by atoms with E-state index < -0.39 is 0 Å². The molecule has 0 amide bonds. The van der Waals surface area contributed by atoms with Gasteiger partial charge >= 0.3 is 5.97 Å². The van der Waals surface area contributed by atoms with Crippen LogP contribution in [0.5, 0.6) is 0 Å². The highest BCUT2D eigenvalue weighted by Crippen LogP contribution is 2.20. The summed E-state index contributed by atoms with van der Waals surface area (Å²) < 4.78 is 4.67. The number of ether oxygens (including phenoxy) is 1. The summed E-state index contributed by atoms with van der Waals surface area (Å²) in [5.74, 6) is -0.355. The number of nitrogens with one attached hydrogen (secondary N) is 1. The largest absolute Gasteiger partial charge is 0.465 e. The van der Waals surface area contributed by atoms with Crippen molar-refractivity contribution < 1.29 is 9.53 Å². The van der Waals surface area contributed by atoms with Crippen LogP contribution in [0, 0.1) is 0 Å². The lowest BCUT2D eigenvalue weighted by molar-refractivity contribution is 0.0601. The summed E-state index contributed by atoms with van der Waals surface area (Å²) in [6, 6.07) is 5.09. The van der Waals surface area contributed by atoms with Crippen molar-refractivity contribution in [3.05, 3.63) is 23.8 Å². The number of hydrogen-bond donors (Lipinski definition) is 2. The van der Waals surface area contributed by atoms with Gasteiger partial charge in [0.2, 0.25) is 0 Å². The van der Waals surface area contributed by atoms with Gasteiger partial charge in [-0.1, -0.05) is 0 Å². The highest BCUT2D eigenvalue weighted by molar-refractivity contribution is 5.91. The number of rotatable bonds is 6. The molecule has 0 saturated heterocycles. The Labute approximate surface area is 108 Å². The molecule has 0 saturated carbocycles. The van der Waals surface area contributed by atoms with Gasteiger partial charge in [-0.3, -0.25) is 0 Å². The molecular weight excluding hydrogens is 230 g/mol. The molecule has 0 fully saturated rings. The first-order chi connectivity index (χ1) is 8.54. The summed E-state index contributed by atoms with van der Waals surface area (Å²) in [7, 11) is 5.43. The Morgan fingerprint density at radius 3 is 2.78 bits per heavy atom. The molecule has 1 rings (SSSR count). The molecule has 18 heavy (non-hydrogen) atoms. The predicted molar refractivity (Wildman–Crippen MR) is 73.9 cm³/mol. The first-order valence-corrected chi connectivity index (χ1v) is 5.91. The minimum Gasteiger partial charge on any atom is -0.465 e. The zero-order valence-electron chi connectivity index (χ0n) is 11.2. The number of esters is 1. The minimum absolute atomic E-state index is 0.355. The van der Waals surface area contributed by atoms with E-state index in [1.807, 2.05) is 14.1 Å². The monoisotopic (exact) mass is 251 g/mol. The van der Waals surface area contributed by atoms with Crippen LogP contribution in [-0.4, -0.2) is 45.2 Å². The third kappa shape index (κ3) is 4.25. The minimum atomic E-state index is -0.355. The number of methoxy groups -OCH3 is 1. The quantitative estimate of drug-likeness (QED) is 0.454. The van der Waals surface area contributed by atoms with Crippen molar-refractivity contribution >= 4 is 17.3 Å². The fourth-order valence-electron chi connectivity index (χ4n) is 1.57. The summed E-state index contributed by atoms with van der Waals surface area (Å²) in [5, 5.41) is 3.23. The Morgan fingerprint density at radius 1 is 1.44 bits per heavy atom. The molecule has 0 spiro atoms. The summed E-state index contributed by atoms with van der Waals surface area (Å²) in [4.78, 5) is 13.5. The van der Waals surface area contributed by atoms with Crippen LogP contribution in [0.3, 0.4) is 0 Å². The molecule has 0 aromatic heterocycles. The molecule has 1 aromatic carbocycles. The Kier molecular flexibility index (Phi) is 5.45. The van der Waals surface area contributed by atoms with E-state index in [4.69, 9.17) is 5.73 Å². The maximum atomic E-state index is 11.4. The van der Waals surface area contributed by atoms with E-state index in [9.17, 15) is 4.79 Å². The lowest BCUT2D eigenvalue weighted by Gasteiger charge is -2.12. The van der Waals surface area contributed by atoms with E-state index in [-0.39, 0.29) is 5.97 Å². The lowest BCUT2D eigenvalue weighted by Crippen LogP contribution is -2.16. The van der Waals surface area contributed by atoms with Crippen LogP contribution in [-0.2, 0) is 4.74 Å². The van der Waals surface area contributed by atoms with Gasteiger partial charge in [-0.2, -0.15) is 0 Å². The van der Waals surface area contributed by atoms with E-state index in [1.165, 1.54) is 7.11 Å². The van der Waals surface area contributed by atoms with Crippen LogP contribution in [0.1, 0.15) is 16.8 Å². The summed E-state index contributed by atoms with van der Waals surface area (Å²) >= 11 is 0. The standard InChI is InChI=1S/C13H21N3O2/c1-16(2)8-4-7-15-12-9-10(13(17)18-3)5-6-11(12)14/h5-6,9,15H,4,7-8,14H2,1-3H3. The van der Waals surface area contributed by atoms with E-state index in [1.54, 1.807) is 18.2 Å². The second-order valence-electron chi connectivity index (χ2n) is 4.38. The fraction of sp³-hybridized carbons (Fsp3) is 0.462. The van der Waals surface area contributed by atoms with Crippen LogP contribution in [0.25, 0.3) is 0 Å². The van der Waals surface area contributed by atoms with Gasteiger partial charge in [0.25, 0.3) is 0 Å². The molecule has 5 nitrogen and oxygen atoms in total. The first-order valence-electron chi connectivity index (χ1n) is 5.91. The van der Waals surface area contributed by atoms with Gasteiger partial charge in [0, 0.05) is 6.54 Å². The topological polar surface area (TPSA) is 67.6 Å². The zero-order chi connectivity index (χ0) is 13.5. The van der Waals surface area contributed by atoms with Crippen molar-refractivity contribution in [3.8, 4) is 0 Å². The van der Waals surface area contributed by atoms with Gasteiger partial charge in [-0.15, -0.1) is 0 Å². The van der Waals surface area contributed by atoms with Crippen molar-refractivity contribution in [2.45, 2.75) is 6.42 Å². The van der Waals surface area contributed by atoms with Gasteiger partial charge in [-0.25, -0.2) is 4.79 Å². The van der Waals surface area contributed by atoms with Crippen molar-refractivity contribution in [1.82, 2.24) is 4.90 Å². The number of benzene rings is 1. The SMILES string of the molecule is COC(=O)c1ccc(N)c(NCCCN(C)C)c1. The van der Waals surface area contributed by atoms with Crippen molar-refractivity contribution in [2.75, 3.05) is 45.3 Å².